The molecule has 8 nitrogen and oxygen atoms in total. The number of carbonyl (C=O) groups excluding carboxylic acids is 2. The predicted molar refractivity (Wildman–Crippen MR) is 206 cm³/mol. The van der Waals surface area contributed by atoms with Crippen molar-refractivity contribution >= 4 is 23.5 Å². The molecular weight excluding hydrogens is 665 g/mol. The van der Waals surface area contributed by atoms with E-state index in [1.54, 1.807) is 18.2 Å². The zero-order valence-electron chi connectivity index (χ0n) is 32.6. The Labute approximate surface area is 315 Å². The predicted octanol–water partition coefficient (Wildman–Crippen LogP) is 8.98. The highest BCUT2D eigenvalue weighted by Crippen LogP contribution is 2.77. The summed E-state index contributed by atoms with van der Waals surface area (Å²) in [5, 5.41) is 36.4. The first kappa shape index (κ1) is 37.7. The van der Waals surface area contributed by atoms with Crippen molar-refractivity contribution in [3.05, 3.63) is 71.3 Å². The number of amides is 2. The molecule has 7 rings (SSSR count). The van der Waals surface area contributed by atoms with Crippen molar-refractivity contribution in [2.45, 2.75) is 118 Å². The van der Waals surface area contributed by atoms with Gasteiger partial charge in [0.15, 0.2) is 0 Å². The molecule has 0 bridgehead atoms. The van der Waals surface area contributed by atoms with Crippen molar-refractivity contribution in [3.63, 3.8) is 0 Å². The number of anilines is 1. The van der Waals surface area contributed by atoms with E-state index < -0.39 is 17.3 Å². The average molecular weight is 725 g/mol. The summed E-state index contributed by atoms with van der Waals surface area (Å²) in [4.78, 5) is 39.3. The normalized spacial score (nSPS) is 38.3. The van der Waals surface area contributed by atoms with Crippen molar-refractivity contribution in [1.82, 2.24) is 5.32 Å². The number of hydrogen-bond acceptors (Lipinski definition) is 5. The number of aromatic hydroxyl groups is 1. The fourth-order valence-electron chi connectivity index (χ4n) is 13.7. The number of carbonyl (C=O) groups is 3. The Morgan fingerprint density at radius 3 is 2.32 bits per heavy atom. The molecule has 286 valence electrons. The standard InChI is InChI=1S/C45H60N2O6/c1-26(2)30-15-20-45(40(53)46-25-27-9-8-10-28(23-27)38(50)47-29-11-13-33(48)31(24-29)39(51)52)22-21-43(6)32(37(30)45)12-14-35-42(5)18-17-36(49)41(3,4)34(42)16-19-44(35,43)7/h8-11,13,23-24,30,32,34-37,48-49H,1,12,14-22,25H2,2-7H3,(H,46,53)(H,47,50)(H,51,52)/t30-,32?,34?,35?,36-,37?,42-,43+,44+,45-/m0/s1. The lowest BCUT2D eigenvalue weighted by molar-refractivity contribution is -0.246. The number of benzene rings is 2. The zero-order chi connectivity index (χ0) is 38.3. The van der Waals surface area contributed by atoms with Gasteiger partial charge in [-0.15, -0.1) is 0 Å². The fraction of sp³-hybridized carbons (Fsp3) is 0.622. The van der Waals surface area contributed by atoms with Gasteiger partial charge in [-0.1, -0.05) is 58.9 Å². The molecule has 0 aliphatic heterocycles. The second-order valence-corrected chi connectivity index (χ2v) is 19.1. The lowest BCUT2D eigenvalue weighted by Crippen LogP contribution is -2.67. The first-order valence-electron chi connectivity index (χ1n) is 20.0. The van der Waals surface area contributed by atoms with E-state index in [-0.39, 0.29) is 56.6 Å². The number of phenols is 1. The molecule has 4 unspecified atom stereocenters. The number of fused-ring (bicyclic) bond motifs is 7. The SMILES string of the molecule is C=C(C)[C@@H]1CC[C@]2(C(=O)NCc3cccc(C(=O)Nc4ccc(O)c(C(=O)O)c4)c3)CC[C@]3(C)C(CCC4[C@@]5(C)CC[C@H](O)C(C)(C)C5CC[C@]43C)C12. The van der Waals surface area contributed by atoms with Crippen LogP contribution in [0.3, 0.4) is 0 Å². The molecule has 0 saturated heterocycles. The Bertz CT molecular complexity index is 1840. The van der Waals surface area contributed by atoms with Crippen LogP contribution in [0, 0.1) is 56.7 Å². The minimum Gasteiger partial charge on any atom is -0.507 e. The van der Waals surface area contributed by atoms with Crippen LogP contribution >= 0.6 is 0 Å². The lowest BCUT2D eigenvalue weighted by atomic mass is 9.32. The molecule has 2 aromatic carbocycles. The first-order valence-corrected chi connectivity index (χ1v) is 20.0. The highest BCUT2D eigenvalue weighted by molar-refractivity contribution is 6.05. The second-order valence-electron chi connectivity index (χ2n) is 19.1. The van der Waals surface area contributed by atoms with Crippen molar-refractivity contribution in [1.29, 1.82) is 0 Å². The summed E-state index contributed by atoms with van der Waals surface area (Å²) in [6.45, 7) is 19.3. The third kappa shape index (κ3) is 5.67. The van der Waals surface area contributed by atoms with E-state index in [1.807, 2.05) is 6.07 Å². The fourth-order valence-corrected chi connectivity index (χ4v) is 13.7. The summed E-state index contributed by atoms with van der Waals surface area (Å²) in [5.41, 5.74) is 2.31. The Kier molecular flexibility index (Phi) is 9.23. The number of carboxylic acid groups (broad SMARTS) is 1. The molecule has 0 radical (unpaired) electrons. The van der Waals surface area contributed by atoms with Gasteiger partial charge in [0.1, 0.15) is 11.3 Å². The highest BCUT2D eigenvalue weighted by atomic mass is 16.4. The van der Waals surface area contributed by atoms with Gasteiger partial charge in [-0.3, -0.25) is 9.59 Å². The molecule has 0 aromatic heterocycles. The van der Waals surface area contributed by atoms with Crippen LogP contribution in [0.15, 0.2) is 54.6 Å². The van der Waals surface area contributed by atoms with Gasteiger partial charge in [0, 0.05) is 17.8 Å². The number of aliphatic hydroxyl groups excluding tert-OH is 1. The van der Waals surface area contributed by atoms with E-state index in [9.17, 15) is 29.7 Å². The lowest BCUT2D eigenvalue weighted by Gasteiger charge is -2.72. The van der Waals surface area contributed by atoms with Gasteiger partial charge in [0.25, 0.3) is 5.91 Å². The van der Waals surface area contributed by atoms with Crippen molar-refractivity contribution in [2.24, 2.45) is 56.7 Å². The highest BCUT2D eigenvalue weighted by Gasteiger charge is 2.71. The van der Waals surface area contributed by atoms with Crippen LogP contribution in [0.2, 0.25) is 0 Å². The Balaban J connectivity index is 1.11. The molecule has 5 N–H and O–H groups in total. The largest absolute Gasteiger partial charge is 0.507 e. The number of aliphatic hydroxyl groups is 1. The maximum absolute atomic E-state index is 14.7. The zero-order valence-corrected chi connectivity index (χ0v) is 32.6. The molecule has 5 saturated carbocycles. The number of carboxylic acids is 1. The molecule has 53 heavy (non-hydrogen) atoms. The number of nitrogens with one attached hydrogen (secondary N) is 2. The molecule has 5 aliphatic rings. The molecule has 0 spiro atoms. The van der Waals surface area contributed by atoms with E-state index in [2.05, 4.69) is 58.8 Å². The molecule has 2 amide bonds. The topological polar surface area (TPSA) is 136 Å². The van der Waals surface area contributed by atoms with Crippen LogP contribution in [0.25, 0.3) is 0 Å². The van der Waals surface area contributed by atoms with Gasteiger partial charge in [-0.05, 0) is 158 Å². The summed E-state index contributed by atoms with van der Waals surface area (Å²) < 4.78 is 0. The minimum atomic E-state index is -1.29. The van der Waals surface area contributed by atoms with Crippen LogP contribution in [0.5, 0.6) is 5.75 Å². The van der Waals surface area contributed by atoms with Crippen LogP contribution in [0.1, 0.15) is 132 Å². The Hall–Kier alpha value is -3.65. The van der Waals surface area contributed by atoms with Crippen molar-refractivity contribution in [2.75, 3.05) is 5.32 Å². The van der Waals surface area contributed by atoms with Crippen LogP contribution in [-0.4, -0.2) is 39.2 Å². The van der Waals surface area contributed by atoms with Gasteiger partial charge in [-0.2, -0.15) is 0 Å². The monoisotopic (exact) mass is 724 g/mol. The Morgan fingerprint density at radius 1 is 0.849 bits per heavy atom. The summed E-state index contributed by atoms with van der Waals surface area (Å²) in [6, 6.07) is 11.1. The van der Waals surface area contributed by atoms with Crippen LogP contribution < -0.4 is 10.6 Å². The van der Waals surface area contributed by atoms with Gasteiger partial charge in [-0.25, -0.2) is 4.79 Å². The maximum atomic E-state index is 14.7. The van der Waals surface area contributed by atoms with Crippen molar-refractivity contribution < 1.29 is 29.7 Å². The van der Waals surface area contributed by atoms with Gasteiger partial charge in [0.05, 0.1) is 11.5 Å². The number of allylic oxidation sites excluding steroid dienone is 1. The number of hydrogen-bond donors (Lipinski definition) is 5. The summed E-state index contributed by atoms with van der Waals surface area (Å²) >= 11 is 0. The quantitative estimate of drug-likeness (QED) is 0.143. The van der Waals surface area contributed by atoms with Crippen LogP contribution in [0.4, 0.5) is 5.69 Å². The second kappa shape index (κ2) is 13.0. The van der Waals surface area contributed by atoms with Crippen molar-refractivity contribution in [3.8, 4) is 5.75 Å². The van der Waals surface area contributed by atoms with E-state index >= 15 is 0 Å². The molecule has 8 heteroatoms. The van der Waals surface area contributed by atoms with Gasteiger partial charge >= 0.3 is 5.97 Å². The minimum absolute atomic E-state index is 0.0789. The third-order valence-electron chi connectivity index (χ3n) is 16.6. The molecule has 10 atom stereocenters. The molecular formula is C45H60N2O6. The summed E-state index contributed by atoms with van der Waals surface area (Å²) in [7, 11) is 0. The Morgan fingerprint density at radius 2 is 1.60 bits per heavy atom. The van der Waals surface area contributed by atoms with Gasteiger partial charge < -0.3 is 26.0 Å². The van der Waals surface area contributed by atoms with Crippen LogP contribution in [-0.2, 0) is 11.3 Å². The molecule has 2 aromatic rings. The molecule has 0 heterocycles. The van der Waals surface area contributed by atoms with E-state index in [4.69, 9.17) is 0 Å². The summed E-state index contributed by atoms with van der Waals surface area (Å²) in [5.74, 6) is 0.161. The number of rotatable bonds is 7. The maximum Gasteiger partial charge on any atom is 0.339 e. The van der Waals surface area contributed by atoms with E-state index in [0.717, 1.165) is 56.9 Å². The van der Waals surface area contributed by atoms with E-state index in [1.165, 1.54) is 36.6 Å². The summed E-state index contributed by atoms with van der Waals surface area (Å²) in [6.07, 6.45) is 10.2. The first-order chi connectivity index (χ1) is 24.9. The molecule has 5 fully saturated rings. The van der Waals surface area contributed by atoms with E-state index in [0.29, 0.717) is 35.8 Å². The third-order valence-corrected chi connectivity index (χ3v) is 16.6. The smallest absolute Gasteiger partial charge is 0.339 e. The number of aromatic carboxylic acids is 1. The average Bonchev–Trinajstić information content (AvgIpc) is 3.51. The molecule has 5 aliphatic carbocycles. The van der Waals surface area contributed by atoms with Gasteiger partial charge in [0.2, 0.25) is 5.91 Å².